The van der Waals surface area contributed by atoms with Crippen LogP contribution in [0.25, 0.3) is 0 Å². The van der Waals surface area contributed by atoms with Gasteiger partial charge >= 0.3 is 12.1 Å². The molecular weight excluding hydrogens is 524 g/mol. The van der Waals surface area contributed by atoms with Gasteiger partial charge in [0.15, 0.2) is 11.9 Å². The van der Waals surface area contributed by atoms with Crippen LogP contribution in [0.1, 0.15) is 25.0 Å². The SMILES string of the molecule is CCc1cccc(Br)c1N(C)C(=O)NC(=N)N.CCc1cccc(Cl)c1N(C)C(=O)NC(=N)N. The van der Waals surface area contributed by atoms with Crippen molar-refractivity contribution in [2.45, 2.75) is 26.7 Å². The number of aryl methyl sites for hydroxylation is 2. The maximum atomic E-state index is 11.7. The van der Waals surface area contributed by atoms with Gasteiger partial charge in [-0.2, -0.15) is 0 Å². The lowest BCUT2D eigenvalue weighted by molar-refractivity contribution is 0.250. The number of guanidine groups is 2. The summed E-state index contributed by atoms with van der Waals surface area (Å²) in [7, 11) is 3.22. The molecule has 0 aromatic heterocycles. The van der Waals surface area contributed by atoms with E-state index in [1.165, 1.54) is 9.80 Å². The molecule has 10 nitrogen and oxygen atoms in total. The number of hydrogen-bond acceptors (Lipinski definition) is 4. The smallest absolute Gasteiger partial charge is 0.328 e. The van der Waals surface area contributed by atoms with E-state index in [0.717, 1.165) is 34.1 Å². The molecule has 2 rings (SSSR count). The van der Waals surface area contributed by atoms with E-state index in [-0.39, 0.29) is 5.96 Å². The van der Waals surface area contributed by atoms with Gasteiger partial charge in [0.05, 0.1) is 16.4 Å². The Hall–Kier alpha value is -3.31. The van der Waals surface area contributed by atoms with Gasteiger partial charge in [-0.05, 0) is 52.0 Å². The van der Waals surface area contributed by atoms with Crippen LogP contribution in [-0.2, 0) is 12.8 Å². The molecule has 0 aliphatic rings. The Balaban J connectivity index is 0.000000340. The van der Waals surface area contributed by atoms with Crippen molar-refractivity contribution in [3.05, 3.63) is 57.0 Å². The summed E-state index contributed by atoms with van der Waals surface area (Å²) in [5.74, 6) is -0.765. The lowest BCUT2D eigenvalue weighted by Crippen LogP contribution is -2.44. The van der Waals surface area contributed by atoms with E-state index in [9.17, 15) is 9.59 Å². The Labute approximate surface area is 212 Å². The minimum Gasteiger partial charge on any atom is -0.370 e. The zero-order valence-electron chi connectivity index (χ0n) is 19.5. The van der Waals surface area contributed by atoms with Gasteiger partial charge in [-0.25, -0.2) is 9.59 Å². The van der Waals surface area contributed by atoms with Gasteiger partial charge in [-0.1, -0.05) is 49.7 Å². The molecule has 0 spiro atoms. The number of carbonyl (C=O) groups is 2. The maximum Gasteiger partial charge on any atom is 0.328 e. The van der Waals surface area contributed by atoms with Gasteiger partial charge in [0.1, 0.15) is 0 Å². The fourth-order valence-corrected chi connectivity index (χ4v) is 4.04. The van der Waals surface area contributed by atoms with Gasteiger partial charge < -0.3 is 11.5 Å². The quantitative estimate of drug-likeness (QED) is 0.249. The average Bonchev–Trinajstić information content (AvgIpc) is 2.77. The number of amides is 4. The number of hydrogen-bond donors (Lipinski definition) is 6. The van der Waals surface area contributed by atoms with Crippen LogP contribution in [-0.4, -0.2) is 38.1 Å². The van der Waals surface area contributed by atoms with Crippen LogP contribution in [0.15, 0.2) is 40.9 Å². The molecule has 0 fully saturated rings. The van der Waals surface area contributed by atoms with Crippen LogP contribution in [0.5, 0.6) is 0 Å². The first-order valence-electron chi connectivity index (χ1n) is 10.3. The van der Waals surface area contributed by atoms with E-state index < -0.39 is 18.0 Å². The first-order valence-corrected chi connectivity index (χ1v) is 11.4. The normalized spacial score (nSPS) is 9.82. The Kier molecular flexibility index (Phi) is 11.3. The van der Waals surface area contributed by atoms with Crippen molar-refractivity contribution in [1.29, 1.82) is 10.8 Å². The van der Waals surface area contributed by atoms with Crippen molar-refractivity contribution in [3.8, 4) is 0 Å². The Morgan fingerprint density at radius 3 is 1.74 bits per heavy atom. The average molecular weight is 554 g/mol. The molecule has 8 N–H and O–H groups in total. The van der Waals surface area contributed by atoms with E-state index in [1.54, 1.807) is 20.2 Å². The van der Waals surface area contributed by atoms with Gasteiger partial charge in [0, 0.05) is 18.6 Å². The molecule has 2 aromatic rings. The van der Waals surface area contributed by atoms with Crippen molar-refractivity contribution in [2.75, 3.05) is 23.9 Å². The van der Waals surface area contributed by atoms with Gasteiger partial charge in [0.2, 0.25) is 0 Å². The Morgan fingerprint density at radius 2 is 1.29 bits per heavy atom. The second-order valence-corrected chi connectivity index (χ2v) is 8.27. The number of para-hydroxylation sites is 2. The highest BCUT2D eigenvalue weighted by atomic mass is 79.9. The lowest BCUT2D eigenvalue weighted by atomic mass is 10.1. The molecule has 34 heavy (non-hydrogen) atoms. The second kappa shape index (κ2) is 13.4. The zero-order chi connectivity index (χ0) is 26.0. The summed E-state index contributed by atoms with van der Waals surface area (Å²) in [4.78, 5) is 26.2. The fraction of sp³-hybridized carbons (Fsp3) is 0.273. The van der Waals surface area contributed by atoms with E-state index in [1.807, 2.05) is 44.2 Å². The van der Waals surface area contributed by atoms with Crippen LogP contribution in [0, 0.1) is 10.8 Å². The predicted molar refractivity (Wildman–Crippen MR) is 142 cm³/mol. The first-order chi connectivity index (χ1) is 15.9. The summed E-state index contributed by atoms with van der Waals surface area (Å²) in [5, 5.41) is 19.0. The summed E-state index contributed by atoms with van der Waals surface area (Å²) < 4.78 is 0.832. The summed E-state index contributed by atoms with van der Waals surface area (Å²) in [6.45, 7) is 3.99. The van der Waals surface area contributed by atoms with Crippen LogP contribution in [0.2, 0.25) is 5.02 Å². The molecule has 0 radical (unpaired) electrons. The van der Waals surface area contributed by atoms with Crippen molar-refractivity contribution in [3.63, 3.8) is 0 Å². The van der Waals surface area contributed by atoms with Gasteiger partial charge in [-0.15, -0.1) is 0 Å². The molecule has 0 bridgehead atoms. The molecule has 12 heteroatoms. The molecule has 0 heterocycles. The van der Waals surface area contributed by atoms with Crippen molar-refractivity contribution < 1.29 is 9.59 Å². The number of nitrogens with zero attached hydrogens (tertiary/aromatic N) is 2. The molecule has 0 saturated carbocycles. The summed E-state index contributed by atoms with van der Waals surface area (Å²) in [6.07, 6.45) is 1.57. The molecule has 0 saturated heterocycles. The second-order valence-electron chi connectivity index (χ2n) is 7.01. The van der Waals surface area contributed by atoms with Crippen LogP contribution < -0.4 is 31.9 Å². The maximum absolute atomic E-state index is 11.7. The summed E-state index contributed by atoms with van der Waals surface area (Å²) in [6, 6.07) is 10.3. The van der Waals surface area contributed by atoms with Crippen LogP contribution in [0.3, 0.4) is 0 Å². The van der Waals surface area contributed by atoms with Crippen LogP contribution >= 0.6 is 27.5 Å². The number of nitrogens with two attached hydrogens (primary N) is 2. The minimum absolute atomic E-state index is 0.369. The molecule has 0 unspecified atom stereocenters. The highest BCUT2D eigenvalue weighted by Gasteiger charge is 2.18. The first kappa shape index (κ1) is 28.7. The van der Waals surface area contributed by atoms with Crippen molar-refractivity contribution >= 4 is 62.9 Å². The Morgan fingerprint density at radius 1 is 0.882 bits per heavy atom. The number of nitrogens with one attached hydrogen (secondary N) is 4. The number of halogens is 2. The third-order valence-corrected chi connectivity index (χ3v) is 5.61. The molecule has 0 aliphatic carbocycles. The zero-order valence-corrected chi connectivity index (χ0v) is 21.8. The van der Waals surface area contributed by atoms with Gasteiger partial charge in [-0.3, -0.25) is 31.3 Å². The monoisotopic (exact) mass is 552 g/mol. The molecule has 0 aliphatic heterocycles. The highest BCUT2D eigenvalue weighted by molar-refractivity contribution is 9.10. The third-order valence-electron chi connectivity index (χ3n) is 4.67. The van der Waals surface area contributed by atoms with E-state index in [4.69, 9.17) is 33.9 Å². The summed E-state index contributed by atoms with van der Waals surface area (Å²) in [5.41, 5.74) is 13.7. The number of urea groups is 2. The van der Waals surface area contributed by atoms with Crippen LogP contribution in [0.4, 0.5) is 21.0 Å². The fourth-order valence-electron chi connectivity index (χ4n) is 3.04. The molecule has 2 aromatic carbocycles. The molecule has 184 valence electrons. The summed E-state index contributed by atoms with van der Waals surface area (Å²) >= 11 is 9.49. The minimum atomic E-state index is -0.486. The number of carbonyl (C=O) groups excluding carboxylic acids is 2. The van der Waals surface area contributed by atoms with E-state index >= 15 is 0 Å². The predicted octanol–water partition coefficient (Wildman–Crippen LogP) is 3.99. The Bertz CT molecular complexity index is 980. The third kappa shape index (κ3) is 7.92. The molecule has 4 amide bonds. The van der Waals surface area contributed by atoms with Crippen molar-refractivity contribution in [2.24, 2.45) is 11.5 Å². The molecular formula is C22H30BrClN8O2. The van der Waals surface area contributed by atoms with E-state index in [2.05, 4.69) is 26.6 Å². The van der Waals surface area contributed by atoms with Gasteiger partial charge in [0.25, 0.3) is 0 Å². The topological polar surface area (TPSA) is 164 Å². The number of benzene rings is 2. The van der Waals surface area contributed by atoms with E-state index in [0.29, 0.717) is 10.7 Å². The lowest BCUT2D eigenvalue weighted by Gasteiger charge is -2.21. The number of rotatable bonds is 4. The number of anilines is 2. The standard InChI is InChI=1S/C11H15BrN4O.C11H15ClN4O/c2*1-3-7-5-4-6-8(12)9(7)16(2)11(17)15-10(13)14/h2*4-6H,3H2,1-2H3,(H4,13,14,15,17). The van der Waals surface area contributed by atoms with Crippen molar-refractivity contribution in [1.82, 2.24) is 10.6 Å². The molecule has 0 atom stereocenters. The highest BCUT2D eigenvalue weighted by Crippen LogP contribution is 2.30. The largest absolute Gasteiger partial charge is 0.370 e.